The molecule has 0 heterocycles. The molecule has 2 rings (SSSR count). The summed E-state index contributed by atoms with van der Waals surface area (Å²) in [7, 11) is 0. The summed E-state index contributed by atoms with van der Waals surface area (Å²) in [5, 5.41) is 0. The van der Waals surface area contributed by atoms with Gasteiger partial charge in [0.15, 0.2) is 0 Å². The van der Waals surface area contributed by atoms with Crippen molar-refractivity contribution in [1.29, 1.82) is 0 Å². The SMILES string of the molecule is CC[C@@H](C)N=CC1C(=O)CC(c2ccccc2)CC1=O. The lowest BCUT2D eigenvalue weighted by Crippen LogP contribution is -2.33. The third-order valence-corrected chi connectivity index (χ3v) is 3.94. The first kappa shape index (κ1) is 14.6. The number of carbonyl (C=O) groups excluding carboxylic acids is 2. The van der Waals surface area contributed by atoms with Crippen LogP contribution in [0.5, 0.6) is 0 Å². The van der Waals surface area contributed by atoms with E-state index in [2.05, 4.69) is 4.99 Å². The van der Waals surface area contributed by atoms with Crippen molar-refractivity contribution in [3.05, 3.63) is 35.9 Å². The molecule has 106 valence electrons. The Balaban J connectivity index is 2.07. The maximum Gasteiger partial charge on any atom is 0.149 e. The van der Waals surface area contributed by atoms with E-state index in [0.29, 0.717) is 12.8 Å². The first-order chi connectivity index (χ1) is 9.61. The molecule has 1 atom stereocenters. The van der Waals surface area contributed by atoms with E-state index in [0.717, 1.165) is 12.0 Å². The van der Waals surface area contributed by atoms with Crippen molar-refractivity contribution in [2.45, 2.75) is 45.1 Å². The van der Waals surface area contributed by atoms with Crippen molar-refractivity contribution in [1.82, 2.24) is 0 Å². The summed E-state index contributed by atoms with van der Waals surface area (Å²) < 4.78 is 0. The molecule has 1 aliphatic carbocycles. The van der Waals surface area contributed by atoms with Crippen LogP contribution in [0.4, 0.5) is 0 Å². The lowest BCUT2D eigenvalue weighted by molar-refractivity contribution is -0.133. The molecule has 1 aliphatic rings. The standard InChI is InChI=1S/C17H21NO2/c1-3-12(2)18-11-15-16(19)9-14(10-17(15)20)13-7-5-4-6-8-13/h4-8,11-12,14-15H,3,9-10H2,1-2H3/t12-,14?,15?/m1/s1. The Morgan fingerprint density at radius 2 is 1.80 bits per heavy atom. The van der Waals surface area contributed by atoms with Gasteiger partial charge in [0.05, 0.1) is 0 Å². The number of hydrogen-bond acceptors (Lipinski definition) is 3. The molecule has 0 N–H and O–H groups in total. The maximum atomic E-state index is 12.2. The molecule has 3 heteroatoms. The molecule has 0 aliphatic heterocycles. The first-order valence-electron chi connectivity index (χ1n) is 7.25. The number of rotatable bonds is 4. The summed E-state index contributed by atoms with van der Waals surface area (Å²) in [5.74, 6) is -0.585. The average Bonchev–Trinajstić information content (AvgIpc) is 2.46. The Bertz CT molecular complexity index is 489. The Labute approximate surface area is 120 Å². The second kappa shape index (κ2) is 6.60. The predicted molar refractivity (Wildman–Crippen MR) is 80.2 cm³/mol. The Hall–Kier alpha value is -1.77. The number of carbonyl (C=O) groups is 2. The average molecular weight is 271 g/mol. The van der Waals surface area contributed by atoms with Gasteiger partial charge in [0.25, 0.3) is 0 Å². The van der Waals surface area contributed by atoms with Crippen LogP contribution in [0.3, 0.4) is 0 Å². The van der Waals surface area contributed by atoms with Crippen LogP contribution >= 0.6 is 0 Å². The highest BCUT2D eigenvalue weighted by Crippen LogP contribution is 2.31. The van der Waals surface area contributed by atoms with Crippen molar-refractivity contribution in [3.63, 3.8) is 0 Å². The highest BCUT2D eigenvalue weighted by atomic mass is 16.2. The van der Waals surface area contributed by atoms with Crippen LogP contribution in [0, 0.1) is 5.92 Å². The first-order valence-corrected chi connectivity index (χ1v) is 7.25. The minimum Gasteiger partial charge on any atom is -0.298 e. The fraction of sp³-hybridized carbons (Fsp3) is 0.471. The molecule has 1 fully saturated rings. The van der Waals surface area contributed by atoms with E-state index in [-0.39, 0.29) is 23.5 Å². The molecular formula is C17H21NO2. The van der Waals surface area contributed by atoms with E-state index in [1.807, 2.05) is 44.2 Å². The van der Waals surface area contributed by atoms with Gasteiger partial charge in [0.2, 0.25) is 0 Å². The van der Waals surface area contributed by atoms with Gasteiger partial charge in [0, 0.05) is 25.1 Å². The van der Waals surface area contributed by atoms with Gasteiger partial charge in [-0.05, 0) is 24.8 Å². The number of nitrogens with zero attached hydrogens (tertiary/aromatic N) is 1. The molecule has 1 saturated carbocycles. The summed E-state index contributed by atoms with van der Waals surface area (Å²) in [4.78, 5) is 28.7. The third-order valence-electron chi connectivity index (χ3n) is 3.94. The molecule has 1 aromatic rings. The van der Waals surface area contributed by atoms with Crippen LogP contribution in [0.25, 0.3) is 0 Å². The number of ketones is 2. The fourth-order valence-corrected chi connectivity index (χ4v) is 2.46. The van der Waals surface area contributed by atoms with E-state index in [4.69, 9.17) is 0 Å². The monoisotopic (exact) mass is 271 g/mol. The van der Waals surface area contributed by atoms with Crippen LogP contribution in [-0.2, 0) is 9.59 Å². The van der Waals surface area contributed by atoms with Crippen molar-refractivity contribution in [2.75, 3.05) is 0 Å². The predicted octanol–water partition coefficient (Wildman–Crippen LogP) is 3.19. The number of Topliss-reactive ketones (excluding diaryl/α,β-unsaturated/α-hetero) is 2. The van der Waals surface area contributed by atoms with Crippen molar-refractivity contribution in [2.24, 2.45) is 10.9 Å². The second-order valence-corrected chi connectivity index (χ2v) is 5.48. The van der Waals surface area contributed by atoms with Crippen molar-refractivity contribution < 1.29 is 9.59 Å². The lowest BCUT2D eigenvalue weighted by atomic mass is 9.77. The van der Waals surface area contributed by atoms with Gasteiger partial charge in [-0.1, -0.05) is 37.3 Å². The molecule has 20 heavy (non-hydrogen) atoms. The smallest absolute Gasteiger partial charge is 0.149 e. The minimum atomic E-state index is -0.621. The third kappa shape index (κ3) is 3.41. The summed E-state index contributed by atoms with van der Waals surface area (Å²) in [5.41, 5.74) is 1.08. The molecule has 0 spiro atoms. The van der Waals surface area contributed by atoms with E-state index in [9.17, 15) is 9.59 Å². The summed E-state index contributed by atoms with van der Waals surface area (Å²) in [6.07, 6.45) is 3.36. The normalized spacial score (nSPS) is 25.1. The van der Waals surface area contributed by atoms with Crippen LogP contribution in [-0.4, -0.2) is 23.8 Å². The maximum absolute atomic E-state index is 12.2. The van der Waals surface area contributed by atoms with E-state index < -0.39 is 5.92 Å². The second-order valence-electron chi connectivity index (χ2n) is 5.48. The summed E-state index contributed by atoms with van der Waals surface area (Å²) in [6, 6.07) is 9.97. The molecule has 0 saturated heterocycles. The van der Waals surface area contributed by atoms with Crippen LogP contribution in [0.1, 0.15) is 44.6 Å². The molecule has 0 amide bonds. The molecule has 3 nitrogen and oxygen atoms in total. The van der Waals surface area contributed by atoms with Gasteiger partial charge >= 0.3 is 0 Å². The molecule has 0 aromatic heterocycles. The molecular weight excluding hydrogens is 250 g/mol. The molecule has 0 bridgehead atoms. The zero-order valence-corrected chi connectivity index (χ0v) is 12.1. The number of benzene rings is 1. The van der Waals surface area contributed by atoms with Crippen LogP contribution < -0.4 is 0 Å². The van der Waals surface area contributed by atoms with Crippen LogP contribution in [0.2, 0.25) is 0 Å². The molecule has 0 unspecified atom stereocenters. The number of hydrogen-bond donors (Lipinski definition) is 0. The van der Waals surface area contributed by atoms with E-state index >= 15 is 0 Å². The molecule has 1 aromatic carbocycles. The van der Waals surface area contributed by atoms with Crippen LogP contribution in [0.15, 0.2) is 35.3 Å². The summed E-state index contributed by atoms with van der Waals surface area (Å²) >= 11 is 0. The Morgan fingerprint density at radius 1 is 1.20 bits per heavy atom. The largest absolute Gasteiger partial charge is 0.298 e. The zero-order chi connectivity index (χ0) is 14.5. The van der Waals surface area contributed by atoms with Gasteiger partial charge in [0.1, 0.15) is 17.5 Å². The molecule has 0 radical (unpaired) electrons. The minimum absolute atomic E-state index is 0.00200. The highest BCUT2D eigenvalue weighted by molar-refractivity contribution is 6.16. The lowest BCUT2D eigenvalue weighted by Gasteiger charge is -2.24. The Morgan fingerprint density at radius 3 is 2.35 bits per heavy atom. The zero-order valence-electron chi connectivity index (χ0n) is 12.1. The van der Waals surface area contributed by atoms with Gasteiger partial charge < -0.3 is 0 Å². The van der Waals surface area contributed by atoms with Crippen molar-refractivity contribution >= 4 is 17.8 Å². The van der Waals surface area contributed by atoms with Gasteiger partial charge in [-0.25, -0.2) is 0 Å². The van der Waals surface area contributed by atoms with E-state index in [1.165, 1.54) is 0 Å². The quantitative estimate of drug-likeness (QED) is 0.623. The highest BCUT2D eigenvalue weighted by Gasteiger charge is 2.34. The Kier molecular flexibility index (Phi) is 4.83. The van der Waals surface area contributed by atoms with Gasteiger partial charge in [-0.3, -0.25) is 14.6 Å². The van der Waals surface area contributed by atoms with Crippen molar-refractivity contribution in [3.8, 4) is 0 Å². The summed E-state index contributed by atoms with van der Waals surface area (Å²) in [6.45, 7) is 4.03. The fourth-order valence-electron chi connectivity index (χ4n) is 2.46. The van der Waals surface area contributed by atoms with Gasteiger partial charge in [-0.2, -0.15) is 0 Å². The topological polar surface area (TPSA) is 46.5 Å². The van der Waals surface area contributed by atoms with Gasteiger partial charge in [-0.15, -0.1) is 0 Å². The van der Waals surface area contributed by atoms with E-state index in [1.54, 1.807) is 6.21 Å². The number of aliphatic imine (C=N–C) groups is 1.